The number of aromatic amines is 1. The van der Waals surface area contributed by atoms with Crippen molar-refractivity contribution >= 4 is 22.6 Å². The molecule has 34 heavy (non-hydrogen) atoms. The van der Waals surface area contributed by atoms with Gasteiger partial charge in [0.2, 0.25) is 0 Å². The molecule has 1 N–H and O–H groups in total. The van der Waals surface area contributed by atoms with Gasteiger partial charge in [-0.25, -0.2) is 4.98 Å². The van der Waals surface area contributed by atoms with Crippen molar-refractivity contribution in [2.75, 3.05) is 18.0 Å². The van der Waals surface area contributed by atoms with E-state index in [1.165, 1.54) is 0 Å². The van der Waals surface area contributed by atoms with Crippen LogP contribution in [0.1, 0.15) is 21.8 Å². The number of amides is 1. The molecule has 0 radical (unpaired) electrons. The van der Waals surface area contributed by atoms with Crippen molar-refractivity contribution in [3.05, 3.63) is 108 Å². The summed E-state index contributed by atoms with van der Waals surface area (Å²) in [6.45, 7) is 2.53. The summed E-state index contributed by atoms with van der Waals surface area (Å²) in [6.07, 6.45) is 3.55. The predicted molar refractivity (Wildman–Crippen MR) is 132 cm³/mol. The Labute approximate surface area is 197 Å². The van der Waals surface area contributed by atoms with E-state index in [4.69, 9.17) is 4.42 Å². The van der Waals surface area contributed by atoms with Gasteiger partial charge in [0, 0.05) is 36.9 Å². The Morgan fingerprint density at radius 3 is 2.62 bits per heavy atom. The SMILES string of the molecule is O=C(c1cc2ccccc2o1)N1CCN(Cc2cnc[nH]2)c2ccc(-c3ccccc3)cc2C1. The lowest BCUT2D eigenvalue weighted by Gasteiger charge is -2.24. The van der Waals surface area contributed by atoms with Crippen LogP contribution in [0.2, 0.25) is 0 Å². The van der Waals surface area contributed by atoms with Crippen LogP contribution >= 0.6 is 0 Å². The molecule has 6 rings (SSSR count). The molecule has 0 atom stereocenters. The predicted octanol–water partition coefficient (Wildman–Crippen LogP) is 5.49. The van der Waals surface area contributed by atoms with Gasteiger partial charge >= 0.3 is 0 Å². The number of hydrogen-bond donors (Lipinski definition) is 1. The van der Waals surface area contributed by atoms with E-state index in [2.05, 4.69) is 45.2 Å². The number of hydrogen-bond acceptors (Lipinski definition) is 4. The number of benzene rings is 3. The van der Waals surface area contributed by atoms with Crippen molar-refractivity contribution in [1.29, 1.82) is 0 Å². The van der Waals surface area contributed by atoms with Gasteiger partial charge in [-0.3, -0.25) is 4.79 Å². The van der Waals surface area contributed by atoms with Gasteiger partial charge in [0.1, 0.15) is 5.58 Å². The third kappa shape index (κ3) is 3.83. The number of furan rings is 1. The summed E-state index contributed by atoms with van der Waals surface area (Å²) in [5.74, 6) is 0.291. The molecule has 1 amide bonds. The topological polar surface area (TPSA) is 65.4 Å². The highest BCUT2D eigenvalue weighted by Crippen LogP contribution is 2.32. The molecule has 2 aromatic heterocycles. The average Bonchev–Trinajstić information content (AvgIpc) is 3.52. The molecule has 168 valence electrons. The number of nitrogens with one attached hydrogen (secondary N) is 1. The molecule has 0 aliphatic carbocycles. The first-order chi connectivity index (χ1) is 16.7. The Hall–Kier alpha value is -4.32. The lowest BCUT2D eigenvalue weighted by molar-refractivity contribution is 0.0721. The number of carbonyl (C=O) groups is 1. The van der Waals surface area contributed by atoms with Crippen LogP contribution in [0.15, 0.2) is 95.8 Å². The number of aromatic nitrogens is 2. The van der Waals surface area contributed by atoms with Crippen LogP contribution in [0, 0.1) is 0 Å². The lowest BCUT2D eigenvalue weighted by atomic mass is 10.0. The fourth-order valence-electron chi connectivity index (χ4n) is 4.63. The minimum Gasteiger partial charge on any atom is -0.451 e. The second-order valence-electron chi connectivity index (χ2n) is 8.58. The maximum absolute atomic E-state index is 13.5. The van der Waals surface area contributed by atoms with Crippen LogP contribution in [0.25, 0.3) is 22.1 Å². The minimum atomic E-state index is -0.0874. The van der Waals surface area contributed by atoms with Crippen molar-refractivity contribution in [2.24, 2.45) is 0 Å². The number of rotatable bonds is 4. The number of carbonyl (C=O) groups excluding carboxylic acids is 1. The highest BCUT2D eigenvalue weighted by atomic mass is 16.3. The number of nitrogens with zero attached hydrogens (tertiary/aromatic N) is 3. The number of fused-ring (bicyclic) bond motifs is 2. The zero-order valence-corrected chi connectivity index (χ0v) is 18.6. The fraction of sp³-hybridized carbons (Fsp3) is 0.143. The largest absolute Gasteiger partial charge is 0.451 e. The Bertz CT molecular complexity index is 1410. The smallest absolute Gasteiger partial charge is 0.289 e. The maximum atomic E-state index is 13.5. The number of H-pyrrole nitrogens is 1. The molecule has 0 saturated carbocycles. The van der Waals surface area contributed by atoms with E-state index in [0.717, 1.165) is 39.0 Å². The summed E-state index contributed by atoms with van der Waals surface area (Å²) in [5, 5.41) is 0.938. The summed E-state index contributed by atoms with van der Waals surface area (Å²) < 4.78 is 5.90. The molecule has 0 saturated heterocycles. The highest BCUT2D eigenvalue weighted by molar-refractivity contribution is 5.96. The molecule has 0 fully saturated rings. The molecule has 6 heteroatoms. The van der Waals surface area contributed by atoms with Gasteiger partial charge in [-0.05, 0) is 41.0 Å². The number of imidazole rings is 1. The average molecular weight is 449 g/mol. The number of para-hydroxylation sites is 1. The zero-order chi connectivity index (χ0) is 22.9. The monoisotopic (exact) mass is 448 g/mol. The van der Waals surface area contributed by atoms with Gasteiger partial charge in [-0.1, -0.05) is 54.6 Å². The van der Waals surface area contributed by atoms with E-state index < -0.39 is 0 Å². The van der Waals surface area contributed by atoms with Crippen LogP contribution in [0.4, 0.5) is 5.69 Å². The Morgan fingerprint density at radius 1 is 0.941 bits per heavy atom. The van der Waals surface area contributed by atoms with Crippen molar-refractivity contribution in [1.82, 2.24) is 14.9 Å². The quantitative estimate of drug-likeness (QED) is 0.395. The number of anilines is 1. The molecular formula is C28H24N4O2. The van der Waals surface area contributed by atoms with Crippen molar-refractivity contribution < 1.29 is 9.21 Å². The first-order valence-electron chi connectivity index (χ1n) is 11.4. The molecule has 0 bridgehead atoms. The minimum absolute atomic E-state index is 0.0874. The van der Waals surface area contributed by atoms with Crippen LogP contribution in [0.3, 0.4) is 0 Å². The van der Waals surface area contributed by atoms with Gasteiger partial charge < -0.3 is 19.2 Å². The lowest BCUT2D eigenvalue weighted by Crippen LogP contribution is -2.35. The summed E-state index contributed by atoms with van der Waals surface area (Å²) in [5.41, 5.74) is 6.31. The van der Waals surface area contributed by atoms with E-state index in [9.17, 15) is 4.79 Å². The van der Waals surface area contributed by atoms with Gasteiger partial charge in [-0.15, -0.1) is 0 Å². The summed E-state index contributed by atoms with van der Waals surface area (Å²) >= 11 is 0. The van der Waals surface area contributed by atoms with Crippen LogP contribution in [0.5, 0.6) is 0 Å². The van der Waals surface area contributed by atoms with E-state index in [1.54, 1.807) is 6.33 Å². The highest BCUT2D eigenvalue weighted by Gasteiger charge is 2.26. The molecule has 3 aromatic carbocycles. The summed E-state index contributed by atoms with van der Waals surface area (Å²) in [4.78, 5) is 25.1. The van der Waals surface area contributed by atoms with Crippen molar-refractivity contribution in [3.8, 4) is 11.1 Å². The molecular weight excluding hydrogens is 424 g/mol. The van der Waals surface area contributed by atoms with Gasteiger partial charge in [-0.2, -0.15) is 0 Å². The van der Waals surface area contributed by atoms with Crippen LogP contribution in [-0.4, -0.2) is 33.9 Å². The first kappa shape index (κ1) is 20.3. The summed E-state index contributed by atoms with van der Waals surface area (Å²) in [7, 11) is 0. The van der Waals surface area contributed by atoms with Crippen LogP contribution in [-0.2, 0) is 13.1 Å². The second kappa shape index (κ2) is 8.56. The second-order valence-corrected chi connectivity index (χ2v) is 8.58. The third-order valence-corrected chi connectivity index (χ3v) is 6.37. The van der Waals surface area contributed by atoms with Crippen LogP contribution < -0.4 is 4.90 Å². The molecule has 1 aliphatic rings. The Morgan fingerprint density at radius 2 is 1.79 bits per heavy atom. The molecule has 0 spiro atoms. The van der Waals surface area contributed by atoms with Gasteiger partial charge in [0.25, 0.3) is 5.91 Å². The fourth-order valence-corrected chi connectivity index (χ4v) is 4.63. The van der Waals surface area contributed by atoms with E-state index in [1.807, 2.05) is 59.6 Å². The standard InChI is InChI=1S/C28H24N4O2/c33-28(27-15-22-8-4-5-9-26(22)34-27)32-13-12-31(18-24-16-29-19-30-24)25-11-10-21(14-23(25)17-32)20-6-2-1-3-7-20/h1-11,14-16,19H,12-13,17-18H2,(H,29,30). The summed E-state index contributed by atoms with van der Waals surface area (Å²) in [6, 6.07) is 26.4. The van der Waals surface area contributed by atoms with Gasteiger partial charge in [0.15, 0.2) is 5.76 Å². The van der Waals surface area contributed by atoms with E-state index >= 15 is 0 Å². The molecule has 1 aliphatic heterocycles. The maximum Gasteiger partial charge on any atom is 0.289 e. The Kier molecular flexibility index (Phi) is 5.11. The first-order valence-corrected chi connectivity index (χ1v) is 11.4. The molecule has 0 unspecified atom stereocenters. The Balaban J connectivity index is 1.36. The zero-order valence-electron chi connectivity index (χ0n) is 18.6. The third-order valence-electron chi connectivity index (χ3n) is 6.37. The van der Waals surface area contributed by atoms with Gasteiger partial charge in [0.05, 0.1) is 18.6 Å². The normalized spacial score (nSPS) is 13.6. The molecule has 5 aromatic rings. The molecule has 6 nitrogen and oxygen atoms in total. The molecule has 3 heterocycles. The van der Waals surface area contributed by atoms with Crippen molar-refractivity contribution in [2.45, 2.75) is 13.1 Å². The van der Waals surface area contributed by atoms with E-state index in [0.29, 0.717) is 31.9 Å². The van der Waals surface area contributed by atoms with E-state index in [-0.39, 0.29) is 5.91 Å². The van der Waals surface area contributed by atoms with Crippen molar-refractivity contribution in [3.63, 3.8) is 0 Å².